The molecule has 9 heteroatoms. The van der Waals surface area contributed by atoms with Crippen molar-refractivity contribution in [3.8, 4) is 11.5 Å². The second-order valence-corrected chi connectivity index (χ2v) is 5.89. The lowest BCUT2D eigenvalue weighted by molar-refractivity contribution is 0.0999. The summed E-state index contributed by atoms with van der Waals surface area (Å²) < 4.78 is 60.1. The van der Waals surface area contributed by atoms with Crippen LogP contribution in [0.1, 0.15) is 10.4 Å². The Morgan fingerprint density at radius 1 is 1.09 bits per heavy atom. The summed E-state index contributed by atoms with van der Waals surface area (Å²) in [6, 6.07) is 5.69. The minimum absolute atomic E-state index is 0.211. The van der Waals surface area contributed by atoms with E-state index in [9.17, 15) is 22.0 Å². The molecular formula is C14H11F2NO5S. The molecule has 0 bridgehead atoms. The predicted molar refractivity (Wildman–Crippen MR) is 75.7 cm³/mol. The Morgan fingerprint density at radius 3 is 2.35 bits per heavy atom. The van der Waals surface area contributed by atoms with Gasteiger partial charge in [0.1, 0.15) is 10.6 Å². The molecule has 2 aromatic rings. The lowest BCUT2D eigenvalue weighted by Crippen LogP contribution is -2.16. The van der Waals surface area contributed by atoms with Crippen molar-refractivity contribution in [3.63, 3.8) is 0 Å². The van der Waals surface area contributed by atoms with Crippen molar-refractivity contribution in [3.05, 3.63) is 53.6 Å². The van der Waals surface area contributed by atoms with E-state index in [4.69, 9.17) is 14.7 Å². The van der Waals surface area contributed by atoms with Gasteiger partial charge in [-0.25, -0.2) is 8.78 Å². The van der Waals surface area contributed by atoms with Crippen molar-refractivity contribution < 1.29 is 30.9 Å². The maximum Gasteiger partial charge on any atom is 0.339 e. The van der Waals surface area contributed by atoms with Gasteiger partial charge in [0.25, 0.3) is 5.91 Å². The molecule has 2 N–H and O–H groups in total. The molecule has 0 aliphatic carbocycles. The summed E-state index contributed by atoms with van der Waals surface area (Å²) in [5.74, 6) is -3.66. The molecular weight excluding hydrogens is 332 g/mol. The molecule has 1 amide bonds. The van der Waals surface area contributed by atoms with Gasteiger partial charge in [-0.2, -0.15) is 8.42 Å². The highest BCUT2D eigenvalue weighted by Gasteiger charge is 2.22. The Bertz CT molecular complexity index is 867. The number of ether oxygens (including phenoxy) is 1. The number of nitrogens with two attached hydrogens (primary N) is 1. The zero-order valence-corrected chi connectivity index (χ0v) is 12.6. The second kappa shape index (κ2) is 6.21. The van der Waals surface area contributed by atoms with E-state index in [1.54, 1.807) is 0 Å². The number of methoxy groups -OCH3 is 1. The van der Waals surface area contributed by atoms with Gasteiger partial charge < -0.3 is 14.7 Å². The summed E-state index contributed by atoms with van der Waals surface area (Å²) in [6.07, 6.45) is 0. The SMILES string of the molecule is COc1ccc(C(N)=O)c(OS(=O)(=O)c2ccc(F)c(F)c2)c1. The van der Waals surface area contributed by atoms with Gasteiger partial charge in [-0.15, -0.1) is 0 Å². The molecule has 122 valence electrons. The Labute approximate surface area is 130 Å². The lowest BCUT2D eigenvalue weighted by atomic mass is 10.2. The van der Waals surface area contributed by atoms with Crippen molar-refractivity contribution in [2.24, 2.45) is 5.73 Å². The van der Waals surface area contributed by atoms with Crippen LogP contribution in [0, 0.1) is 11.6 Å². The standard InChI is InChI=1S/C14H11F2NO5S/c1-21-8-2-4-10(14(17)18)13(6-8)22-23(19,20)9-3-5-11(15)12(16)7-9/h2-7H,1H3,(H2,17,18). The fourth-order valence-electron chi connectivity index (χ4n) is 1.70. The molecule has 0 aromatic heterocycles. The Kier molecular flexibility index (Phi) is 4.50. The zero-order chi connectivity index (χ0) is 17.2. The van der Waals surface area contributed by atoms with Crippen molar-refractivity contribution in [2.75, 3.05) is 7.11 Å². The van der Waals surface area contributed by atoms with E-state index in [0.29, 0.717) is 12.1 Å². The van der Waals surface area contributed by atoms with Gasteiger partial charge in [0.05, 0.1) is 12.7 Å². The third-order valence-corrected chi connectivity index (χ3v) is 4.06. The second-order valence-electron chi connectivity index (χ2n) is 4.34. The quantitative estimate of drug-likeness (QED) is 0.836. The van der Waals surface area contributed by atoms with Crippen LogP contribution >= 0.6 is 0 Å². The Morgan fingerprint density at radius 2 is 1.78 bits per heavy atom. The van der Waals surface area contributed by atoms with Crippen LogP contribution < -0.4 is 14.7 Å². The minimum atomic E-state index is -4.50. The highest BCUT2D eigenvalue weighted by molar-refractivity contribution is 7.87. The average Bonchev–Trinajstić information content (AvgIpc) is 2.49. The summed E-state index contributed by atoms with van der Waals surface area (Å²) in [7, 11) is -3.18. The topological polar surface area (TPSA) is 95.7 Å². The zero-order valence-electron chi connectivity index (χ0n) is 11.7. The van der Waals surface area contributed by atoms with Crippen LogP contribution in [0.2, 0.25) is 0 Å². The molecule has 0 spiro atoms. The van der Waals surface area contributed by atoms with Gasteiger partial charge in [-0.3, -0.25) is 4.79 Å². The van der Waals surface area contributed by atoms with E-state index in [1.807, 2.05) is 0 Å². The van der Waals surface area contributed by atoms with Crippen LogP contribution in [0.25, 0.3) is 0 Å². The van der Waals surface area contributed by atoms with Gasteiger partial charge >= 0.3 is 10.1 Å². The number of hydrogen-bond acceptors (Lipinski definition) is 5. The first kappa shape index (κ1) is 16.7. The molecule has 23 heavy (non-hydrogen) atoms. The number of amides is 1. The van der Waals surface area contributed by atoms with Crippen LogP contribution in [0.3, 0.4) is 0 Å². The van der Waals surface area contributed by atoms with E-state index in [0.717, 1.165) is 12.1 Å². The largest absolute Gasteiger partial charge is 0.497 e. The van der Waals surface area contributed by atoms with Crippen molar-refractivity contribution in [2.45, 2.75) is 4.90 Å². The van der Waals surface area contributed by atoms with Crippen LogP contribution in [0.4, 0.5) is 8.78 Å². The fourth-order valence-corrected chi connectivity index (χ4v) is 2.65. The first-order chi connectivity index (χ1) is 10.7. The van der Waals surface area contributed by atoms with Crippen LogP contribution in [0.5, 0.6) is 11.5 Å². The van der Waals surface area contributed by atoms with Crippen molar-refractivity contribution in [1.82, 2.24) is 0 Å². The van der Waals surface area contributed by atoms with Gasteiger partial charge in [-0.1, -0.05) is 0 Å². The molecule has 0 aliphatic heterocycles. The van der Waals surface area contributed by atoms with E-state index >= 15 is 0 Å². The summed E-state index contributed by atoms with van der Waals surface area (Å²) >= 11 is 0. The van der Waals surface area contributed by atoms with E-state index < -0.39 is 32.6 Å². The van der Waals surface area contributed by atoms with Crippen LogP contribution in [0.15, 0.2) is 41.3 Å². The molecule has 2 aromatic carbocycles. The van der Waals surface area contributed by atoms with Gasteiger partial charge in [-0.05, 0) is 30.3 Å². The maximum atomic E-state index is 13.2. The molecule has 0 saturated heterocycles. The molecule has 0 aliphatic rings. The number of hydrogen-bond donors (Lipinski definition) is 1. The van der Waals surface area contributed by atoms with Crippen LogP contribution in [-0.2, 0) is 10.1 Å². The highest BCUT2D eigenvalue weighted by atomic mass is 32.2. The number of primary amides is 1. The molecule has 0 heterocycles. The summed E-state index contributed by atoms with van der Waals surface area (Å²) in [4.78, 5) is 10.7. The smallest absolute Gasteiger partial charge is 0.339 e. The first-order valence-electron chi connectivity index (χ1n) is 6.12. The maximum absolute atomic E-state index is 13.2. The Hall–Kier alpha value is -2.68. The number of halogens is 2. The van der Waals surface area contributed by atoms with E-state index in [-0.39, 0.29) is 17.1 Å². The molecule has 0 saturated carbocycles. The highest BCUT2D eigenvalue weighted by Crippen LogP contribution is 2.28. The van der Waals surface area contributed by atoms with Gasteiger partial charge in [0, 0.05) is 6.07 Å². The average molecular weight is 343 g/mol. The summed E-state index contributed by atoms with van der Waals surface area (Å²) in [5, 5.41) is 0. The van der Waals surface area contributed by atoms with Gasteiger partial charge in [0.2, 0.25) is 0 Å². The summed E-state index contributed by atoms with van der Waals surface area (Å²) in [6.45, 7) is 0. The minimum Gasteiger partial charge on any atom is -0.497 e. The third-order valence-electron chi connectivity index (χ3n) is 2.83. The van der Waals surface area contributed by atoms with E-state index in [1.165, 1.54) is 19.2 Å². The van der Waals surface area contributed by atoms with Crippen molar-refractivity contribution >= 4 is 16.0 Å². The molecule has 6 nitrogen and oxygen atoms in total. The first-order valence-corrected chi connectivity index (χ1v) is 7.53. The fraction of sp³-hybridized carbons (Fsp3) is 0.0714. The Balaban J connectivity index is 2.47. The third kappa shape index (κ3) is 3.57. The van der Waals surface area contributed by atoms with Gasteiger partial charge in [0.15, 0.2) is 17.4 Å². The molecule has 0 atom stereocenters. The number of benzene rings is 2. The number of rotatable bonds is 5. The number of carbonyl (C=O) groups is 1. The van der Waals surface area contributed by atoms with E-state index in [2.05, 4.69) is 0 Å². The molecule has 2 rings (SSSR count). The lowest BCUT2D eigenvalue weighted by Gasteiger charge is -2.11. The summed E-state index contributed by atoms with van der Waals surface area (Å²) in [5.41, 5.74) is 4.93. The van der Waals surface area contributed by atoms with Crippen LogP contribution in [-0.4, -0.2) is 21.4 Å². The van der Waals surface area contributed by atoms with Crippen molar-refractivity contribution in [1.29, 1.82) is 0 Å². The predicted octanol–water partition coefficient (Wildman–Crippen LogP) is 1.84. The monoisotopic (exact) mass is 343 g/mol. The number of carbonyl (C=O) groups excluding carboxylic acids is 1. The molecule has 0 fully saturated rings. The molecule has 0 radical (unpaired) electrons. The molecule has 0 unspecified atom stereocenters. The normalized spacial score (nSPS) is 11.1.